The van der Waals surface area contributed by atoms with E-state index in [0.29, 0.717) is 34.4 Å². The third kappa shape index (κ3) is 4.40. The van der Waals surface area contributed by atoms with Crippen molar-refractivity contribution in [1.82, 2.24) is 14.5 Å². The van der Waals surface area contributed by atoms with Crippen molar-refractivity contribution < 1.29 is 18.0 Å². The first-order chi connectivity index (χ1) is 13.8. The number of Topliss-reactive ketones (excluding diaryl/α,β-unsaturated/α-hetero) is 1. The molecule has 1 aliphatic carbocycles. The summed E-state index contributed by atoms with van der Waals surface area (Å²) in [6.45, 7) is -1.20. The van der Waals surface area contributed by atoms with Crippen molar-refractivity contribution in [3.63, 3.8) is 0 Å². The molecule has 8 heteroatoms. The summed E-state index contributed by atoms with van der Waals surface area (Å²) in [5.41, 5.74) is 7.53. The first-order valence-electron chi connectivity index (χ1n) is 9.11. The summed E-state index contributed by atoms with van der Waals surface area (Å²) in [6, 6.07) is 6.89. The summed E-state index contributed by atoms with van der Waals surface area (Å²) in [6.07, 6.45) is 0.805. The number of nitrogens with two attached hydrogens (primary N) is 1. The molecule has 29 heavy (non-hydrogen) atoms. The van der Waals surface area contributed by atoms with E-state index in [9.17, 15) is 18.0 Å². The number of fused-ring (bicyclic) bond motifs is 1. The number of nitrogens with zero attached hydrogens (tertiary/aromatic N) is 3. The van der Waals surface area contributed by atoms with Gasteiger partial charge in [-0.05, 0) is 30.9 Å². The number of carbonyl (C=O) groups is 1. The molecule has 0 unspecified atom stereocenters. The van der Waals surface area contributed by atoms with Crippen molar-refractivity contribution in [2.75, 3.05) is 5.73 Å². The number of hydrogen-bond acceptors (Lipinski definition) is 4. The largest absolute Gasteiger partial charge is 0.406 e. The predicted octanol–water partition coefficient (Wildman–Crippen LogP) is 3.96. The first kappa shape index (κ1) is 19.0. The summed E-state index contributed by atoms with van der Waals surface area (Å²) < 4.78 is 39.5. The summed E-state index contributed by atoms with van der Waals surface area (Å²) in [5.74, 6) is 6.47. The Hall–Kier alpha value is -3.34. The number of anilines is 1. The van der Waals surface area contributed by atoms with Crippen molar-refractivity contribution in [3.8, 4) is 11.8 Å². The molecule has 0 atom stereocenters. The van der Waals surface area contributed by atoms with Crippen LogP contribution in [0.2, 0.25) is 0 Å². The number of nitrogen functional groups attached to an aromatic ring is 1. The molecule has 3 aromatic rings. The SMILES string of the molecule is Nc1ncnc2c1c(C#Cc1ccc(C(=O)CC3CC3)cc1)cn2CC(F)(F)F. The van der Waals surface area contributed by atoms with Gasteiger partial charge in [-0.3, -0.25) is 4.79 Å². The Kier molecular flexibility index (Phi) is 4.74. The minimum absolute atomic E-state index is 0.0706. The second-order valence-corrected chi connectivity index (χ2v) is 7.14. The lowest BCUT2D eigenvalue weighted by molar-refractivity contribution is -0.139. The zero-order valence-electron chi connectivity index (χ0n) is 15.3. The fourth-order valence-corrected chi connectivity index (χ4v) is 3.14. The zero-order valence-corrected chi connectivity index (χ0v) is 15.3. The molecule has 1 aliphatic rings. The first-order valence-corrected chi connectivity index (χ1v) is 9.11. The molecule has 4 rings (SSSR count). The van der Waals surface area contributed by atoms with Gasteiger partial charge in [0, 0.05) is 23.7 Å². The minimum atomic E-state index is -4.40. The number of hydrogen-bond donors (Lipinski definition) is 1. The third-order valence-electron chi connectivity index (χ3n) is 4.75. The average Bonchev–Trinajstić information content (AvgIpc) is 3.41. The smallest absolute Gasteiger partial charge is 0.383 e. The van der Waals surface area contributed by atoms with Crippen LogP contribution in [0, 0.1) is 17.8 Å². The monoisotopic (exact) mass is 398 g/mol. The second kappa shape index (κ2) is 7.24. The molecule has 0 bridgehead atoms. The fourth-order valence-electron chi connectivity index (χ4n) is 3.14. The zero-order chi connectivity index (χ0) is 20.6. The van der Waals surface area contributed by atoms with Crippen LogP contribution >= 0.6 is 0 Å². The van der Waals surface area contributed by atoms with Crippen LogP contribution < -0.4 is 5.73 Å². The van der Waals surface area contributed by atoms with Gasteiger partial charge in [-0.2, -0.15) is 13.2 Å². The maximum Gasteiger partial charge on any atom is 0.406 e. The van der Waals surface area contributed by atoms with Crippen LogP contribution in [0.1, 0.15) is 40.7 Å². The van der Waals surface area contributed by atoms with E-state index in [1.54, 1.807) is 24.3 Å². The van der Waals surface area contributed by atoms with Crippen LogP contribution in [0.3, 0.4) is 0 Å². The molecule has 1 fully saturated rings. The van der Waals surface area contributed by atoms with Gasteiger partial charge in [-0.15, -0.1) is 0 Å². The third-order valence-corrected chi connectivity index (χ3v) is 4.75. The summed E-state index contributed by atoms with van der Waals surface area (Å²) in [4.78, 5) is 19.9. The summed E-state index contributed by atoms with van der Waals surface area (Å²) >= 11 is 0. The number of ketones is 1. The maximum absolute atomic E-state index is 12.9. The van der Waals surface area contributed by atoms with E-state index in [2.05, 4.69) is 21.8 Å². The number of halogens is 3. The lowest BCUT2D eigenvalue weighted by Gasteiger charge is -2.07. The van der Waals surface area contributed by atoms with Gasteiger partial charge in [0.2, 0.25) is 0 Å². The highest BCUT2D eigenvalue weighted by molar-refractivity contribution is 5.96. The van der Waals surface area contributed by atoms with E-state index in [4.69, 9.17) is 5.73 Å². The summed E-state index contributed by atoms with van der Waals surface area (Å²) in [7, 11) is 0. The highest BCUT2D eigenvalue weighted by atomic mass is 19.4. The average molecular weight is 398 g/mol. The standard InChI is InChI=1S/C21H17F3N4O/c22-21(23,24)11-28-10-16(18-19(25)26-12-27-20(18)28)8-5-13-3-6-15(7-4-13)17(29)9-14-1-2-14/h3-4,6-7,10,12,14H,1-2,9,11H2,(H2,25,26,27). The van der Waals surface area contributed by atoms with Crippen molar-refractivity contribution in [3.05, 3.63) is 53.5 Å². The van der Waals surface area contributed by atoms with Gasteiger partial charge in [0.25, 0.3) is 0 Å². The Labute approximate surface area is 164 Å². The van der Waals surface area contributed by atoms with Crippen molar-refractivity contribution in [1.29, 1.82) is 0 Å². The van der Waals surface area contributed by atoms with Crippen molar-refractivity contribution >= 4 is 22.6 Å². The van der Waals surface area contributed by atoms with Gasteiger partial charge in [0.15, 0.2) is 5.78 Å². The Morgan fingerprint density at radius 1 is 1.17 bits per heavy atom. The van der Waals surface area contributed by atoms with Gasteiger partial charge in [0.05, 0.1) is 10.9 Å². The number of benzene rings is 1. The van der Waals surface area contributed by atoms with Crippen LogP contribution in [-0.2, 0) is 6.54 Å². The number of rotatable bonds is 4. The maximum atomic E-state index is 12.9. The topological polar surface area (TPSA) is 73.8 Å². The molecule has 2 aromatic heterocycles. The second-order valence-electron chi connectivity index (χ2n) is 7.14. The van der Waals surface area contributed by atoms with Crippen LogP contribution in [0.5, 0.6) is 0 Å². The highest BCUT2D eigenvalue weighted by Crippen LogP contribution is 2.33. The molecular formula is C21H17F3N4O. The van der Waals surface area contributed by atoms with E-state index in [1.165, 1.54) is 6.20 Å². The molecule has 1 aromatic carbocycles. The number of carbonyl (C=O) groups excluding carboxylic acids is 1. The highest BCUT2D eigenvalue weighted by Gasteiger charge is 2.29. The van der Waals surface area contributed by atoms with Crippen LogP contribution in [0.4, 0.5) is 19.0 Å². The van der Waals surface area contributed by atoms with Crippen LogP contribution in [0.15, 0.2) is 36.8 Å². The number of aromatic nitrogens is 3. The van der Waals surface area contributed by atoms with Gasteiger partial charge < -0.3 is 10.3 Å². The van der Waals surface area contributed by atoms with Crippen molar-refractivity contribution in [2.24, 2.45) is 5.92 Å². The van der Waals surface area contributed by atoms with Gasteiger partial charge in [-0.1, -0.05) is 24.0 Å². The van der Waals surface area contributed by atoms with Crippen LogP contribution in [0.25, 0.3) is 11.0 Å². The lowest BCUT2D eigenvalue weighted by Crippen LogP contribution is -2.17. The van der Waals surface area contributed by atoms with E-state index < -0.39 is 12.7 Å². The quantitative estimate of drug-likeness (QED) is 0.533. The Morgan fingerprint density at radius 3 is 2.55 bits per heavy atom. The molecule has 2 heterocycles. The Balaban J connectivity index is 1.63. The van der Waals surface area contributed by atoms with E-state index in [-0.39, 0.29) is 17.2 Å². The van der Waals surface area contributed by atoms with E-state index in [0.717, 1.165) is 23.7 Å². The molecule has 0 amide bonds. The molecule has 5 nitrogen and oxygen atoms in total. The molecule has 0 aliphatic heterocycles. The molecular weight excluding hydrogens is 381 g/mol. The van der Waals surface area contributed by atoms with Crippen LogP contribution in [-0.4, -0.2) is 26.5 Å². The summed E-state index contributed by atoms with van der Waals surface area (Å²) in [5, 5.41) is 0.292. The molecule has 2 N–H and O–H groups in total. The number of alkyl halides is 3. The lowest BCUT2D eigenvalue weighted by atomic mass is 10.0. The normalized spacial score (nSPS) is 13.9. The Bertz CT molecular complexity index is 1130. The molecule has 1 saturated carbocycles. The molecule has 0 spiro atoms. The van der Waals surface area contributed by atoms with Gasteiger partial charge >= 0.3 is 6.18 Å². The molecule has 148 valence electrons. The fraction of sp³-hybridized carbons (Fsp3) is 0.286. The minimum Gasteiger partial charge on any atom is -0.383 e. The molecule has 0 radical (unpaired) electrons. The van der Waals surface area contributed by atoms with E-state index >= 15 is 0 Å². The van der Waals surface area contributed by atoms with Gasteiger partial charge in [-0.25, -0.2) is 9.97 Å². The molecule has 0 saturated heterocycles. The van der Waals surface area contributed by atoms with Crippen molar-refractivity contribution in [2.45, 2.75) is 32.0 Å². The van der Waals surface area contributed by atoms with Gasteiger partial charge in [0.1, 0.15) is 24.3 Å². The van der Waals surface area contributed by atoms with E-state index in [1.807, 2.05) is 0 Å². The Morgan fingerprint density at radius 2 is 1.90 bits per heavy atom. The predicted molar refractivity (Wildman–Crippen MR) is 102 cm³/mol.